The molecule has 26 aromatic rings. The monoisotopic (exact) mass is 1670 g/mol. The predicted molar refractivity (Wildman–Crippen MR) is 509 cm³/mol. The molecular weight excluding hydrogens is 1610 g/mol. The molecule has 16 aromatic carbocycles. The molecule has 124 heavy (non-hydrogen) atoms. The molecule has 14 nitrogen and oxygen atoms in total. The highest BCUT2D eigenvalue weighted by Gasteiger charge is 2.25. The van der Waals surface area contributed by atoms with Crippen LogP contribution in [0, 0.1) is 0 Å². The van der Waals surface area contributed by atoms with Gasteiger partial charge in [-0.15, -0.1) is 0 Å². The van der Waals surface area contributed by atoms with E-state index in [9.17, 15) is 0 Å². The number of fused-ring (bicyclic) bond motifs is 22. The average molecular weight is 1680 g/mol. The molecule has 0 N–H and O–H groups in total. The van der Waals surface area contributed by atoms with Crippen LogP contribution in [0.2, 0.25) is 5.28 Å². The summed E-state index contributed by atoms with van der Waals surface area (Å²) in [6.45, 7) is 0. The number of furan rings is 2. The molecule has 10 heterocycles. The second-order valence-corrected chi connectivity index (χ2v) is 32.1. The van der Waals surface area contributed by atoms with Gasteiger partial charge in [-0.3, -0.25) is 9.97 Å². The van der Waals surface area contributed by atoms with Gasteiger partial charge in [-0.25, -0.2) is 19.9 Å². The van der Waals surface area contributed by atoms with Gasteiger partial charge in [-0.2, -0.15) is 9.97 Å². The summed E-state index contributed by atoms with van der Waals surface area (Å²) < 4.78 is 22.8. The lowest BCUT2D eigenvalue weighted by Gasteiger charge is -2.16. The average Bonchev–Trinajstić information content (AvgIpc) is 1.58. The van der Waals surface area contributed by atoms with Crippen molar-refractivity contribution in [3.05, 3.63) is 398 Å². The molecule has 0 bridgehead atoms. The van der Waals surface area contributed by atoms with Gasteiger partial charge in [0.25, 0.3) is 0 Å². The first kappa shape index (κ1) is 72.0. The number of hydrogen-bond donors (Lipinski definition) is 0. The van der Waals surface area contributed by atoms with Gasteiger partial charge in [0.2, 0.25) is 5.28 Å². The molecule has 0 aliphatic carbocycles. The third-order valence-corrected chi connectivity index (χ3v) is 24.3. The van der Waals surface area contributed by atoms with Crippen LogP contribution >= 0.6 is 27.5 Å². The maximum Gasteiger partial charge on any atom is 0.226 e. The normalized spacial score (nSPS) is 11.8. The van der Waals surface area contributed by atoms with E-state index in [-0.39, 0.29) is 5.28 Å². The highest BCUT2D eigenvalue weighted by atomic mass is 79.9. The van der Waals surface area contributed by atoms with Crippen molar-refractivity contribution in [1.29, 1.82) is 0 Å². The van der Waals surface area contributed by atoms with E-state index in [0.29, 0.717) is 29.1 Å². The summed E-state index contributed by atoms with van der Waals surface area (Å²) in [5, 5.41) is 15.8. The minimum atomic E-state index is 0.152. The Balaban J connectivity index is 0.000000119. The molecule has 0 radical (unpaired) electrons. The fourth-order valence-electron chi connectivity index (χ4n) is 18.1. The number of benzene rings is 16. The van der Waals surface area contributed by atoms with Crippen LogP contribution in [-0.2, 0) is 0 Å². The van der Waals surface area contributed by atoms with E-state index >= 15 is 0 Å². The topological polar surface area (TPSA) is 149 Å². The van der Waals surface area contributed by atoms with Crippen molar-refractivity contribution in [2.75, 3.05) is 0 Å². The molecule has 0 spiro atoms. The Kier molecular flexibility index (Phi) is 17.1. The lowest BCUT2D eigenvalue weighted by molar-refractivity contribution is 0.672. The summed E-state index contributed by atoms with van der Waals surface area (Å²) in [7, 11) is 0. The van der Waals surface area contributed by atoms with Crippen LogP contribution in [0.15, 0.2) is 402 Å². The molecule has 0 amide bonds. The number of rotatable bonds is 9. The van der Waals surface area contributed by atoms with Crippen molar-refractivity contribution >= 4 is 180 Å². The smallest absolute Gasteiger partial charge is 0.226 e. The number of nitrogens with zero attached hydrogens (tertiary/aromatic N) is 12. The van der Waals surface area contributed by atoms with Crippen molar-refractivity contribution in [3.63, 3.8) is 0 Å². The first-order valence-corrected chi connectivity index (χ1v) is 42.1. The van der Waals surface area contributed by atoms with Crippen molar-refractivity contribution < 1.29 is 8.83 Å². The van der Waals surface area contributed by atoms with Crippen LogP contribution in [0.1, 0.15) is 0 Å². The van der Waals surface area contributed by atoms with Crippen LogP contribution in [-0.4, -0.2) is 58.1 Å². The number of pyridine rings is 2. The molecule has 0 fully saturated rings. The maximum absolute atomic E-state index is 6.57. The minimum Gasteiger partial charge on any atom is -0.455 e. The van der Waals surface area contributed by atoms with Crippen LogP contribution in [0.25, 0.3) is 233 Å². The van der Waals surface area contributed by atoms with E-state index in [4.69, 9.17) is 45.4 Å². The van der Waals surface area contributed by atoms with E-state index in [0.717, 1.165) is 165 Å². The second kappa shape index (κ2) is 29.4. The zero-order valence-electron chi connectivity index (χ0n) is 65.9. The molecule has 0 unspecified atom stereocenters. The summed E-state index contributed by atoms with van der Waals surface area (Å²) in [5.74, 6) is 2.77. The van der Waals surface area contributed by atoms with Crippen molar-refractivity contribution in [1.82, 2.24) is 58.1 Å². The van der Waals surface area contributed by atoms with E-state index in [1.807, 2.05) is 140 Å². The van der Waals surface area contributed by atoms with Crippen molar-refractivity contribution in [2.24, 2.45) is 0 Å². The largest absolute Gasteiger partial charge is 0.455 e. The fourth-order valence-corrected chi connectivity index (χ4v) is 18.7. The van der Waals surface area contributed by atoms with Gasteiger partial charge in [-0.1, -0.05) is 246 Å². The summed E-state index contributed by atoms with van der Waals surface area (Å²) >= 11 is 10.1. The zero-order chi connectivity index (χ0) is 82.0. The van der Waals surface area contributed by atoms with E-state index in [2.05, 4.69) is 298 Å². The second-order valence-electron chi connectivity index (χ2n) is 30.8. The highest BCUT2D eigenvalue weighted by Crippen LogP contribution is 2.44. The van der Waals surface area contributed by atoms with Gasteiger partial charge in [-0.05, 0) is 157 Å². The van der Waals surface area contributed by atoms with Gasteiger partial charge < -0.3 is 27.1 Å². The summed E-state index contributed by atoms with van der Waals surface area (Å²) in [6, 6.07) is 130. The Bertz CT molecular complexity index is 8360. The molecule has 0 aliphatic heterocycles. The van der Waals surface area contributed by atoms with Gasteiger partial charge >= 0.3 is 0 Å². The minimum absolute atomic E-state index is 0.152. The van der Waals surface area contributed by atoms with Crippen LogP contribution in [0.4, 0.5) is 0 Å². The number of halogens is 2. The van der Waals surface area contributed by atoms with Crippen molar-refractivity contribution in [2.45, 2.75) is 0 Å². The molecular formula is C108H64BrClN12O2. The molecule has 0 saturated carbocycles. The van der Waals surface area contributed by atoms with Gasteiger partial charge in [0.1, 0.15) is 22.3 Å². The summed E-state index contributed by atoms with van der Waals surface area (Å²) in [4.78, 5) is 39.1. The third-order valence-electron chi connectivity index (χ3n) is 23.6. The van der Waals surface area contributed by atoms with Crippen LogP contribution in [0.3, 0.4) is 0 Å². The molecule has 0 saturated heterocycles. The molecule has 10 aromatic heterocycles. The Morgan fingerprint density at radius 1 is 0.218 bits per heavy atom. The van der Waals surface area contributed by atoms with Crippen LogP contribution in [0.5, 0.6) is 0 Å². The van der Waals surface area contributed by atoms with Gasteiger partial charge in [0.05, 0.1) is 55.2 Å². The number of hydrogen-bond acceptors (Lipinski definition) is 10. The molecule has 0 aliphatic rings. The number of aromatic nitrogens is 12. The zero-order valence-corrected chi connectivity index (χ0v) is 68.2. The van der Waals surface area contributed by atoms with Crippen molar-refractivity contribution in [3.8, 4) is 79.7 Å². The lowest BCUT2D eigenvalue weighted by Crippen LogP contribution is -2.03. The first-order chi connectivity index (χ1) is 61.3. The van der Waals surface area contributed by atoms with Crippen LogP contribution < -0.4 is 0 Å². The van der Waals surface area contributed by atoms with E-state index < -0.39 is 0 Å². The third kappa shape index (κ3) is 12.1. The van der Waals surface area contributed by atoms with E-state index in [1.54, 1.807) is 0 Å². The fraction of sp³-hybridized carbons (Fsp3) is 0. The quantitative estimate of drug-likeness (QED) is 0.137. The standard InChI is InChI=1S/C54H32N6O.C39H24ClN5.C15H8BrNO/c1-2-14-33(15-3-1)52-56-53(34-26-27-50-43(30-34)44-32-55-45-21-9-4-20-42(45)51(44)61-50)58-54(57-52)35-28-36(59-46-22-10-5-16-38(46)39-17-6-11-23-47(39)59)31-37(29-35)60-48-24-12-7-18-40(48)41-19-8-13-25-49(41)60;40-39-42-37(25-12-2-1-3-13-25)41-38(43-39)26-22-27(44-33-18-8-4-14-29(33)30-15-5-9-19-34(30)44)24-28(23-26)45-35-20-10-6-16-31(35)32-17-7-11-21-36(32)45;16-9-5-6-14-11(7-9)12-8-17-13-4-2-1-3-10(13)15(12)18-14/h1-32H;1-24H;1-8H. The molecule has 16 heteroatoms. The Morgan fingerprint density at radius 2 is 0.492 bits per heavy atom. The first-order valence-electron chi connectivity index (χ1n) is 40.9. The van der Waals surface area contributed by atoms with E-state index in [1.165, 1.54) is 43.1 Å². The molecule has 26 rings (SSSR count). The van der Waals surface area contributed by atoms with Gasteiger partial charge in [0, 0.05) is 143 Å². The summed E-state index contributed by atoms with van der Waals surface area (Å²) in [5.41, 5.74) is 22.6. The molecule has 0 atom stereocenters. The summed E-state index contributed by atoms with van der Waals surface area (Å²) in [6.07, 6.45) is 3.79. The maximum atomic E-state index is 6.57. The SMILES string of the molecule is Brc1ccc2oc3c4ccccc4ncc3c2c1.Clc1nc(-c2ccccc2)nc(-c2cc(-n3c4ccccc4c4ccccc43)cc(-n3c4ccccc4c4ccccc43)c2)n1.c1ccc(-c2nc(-c3cc(-n4c5ccccc5c5ccccc54)cc(-n4c5ccccc5c5ccccc54)c3)nc(-c3ccc4oc5c6ccccc6ncc5c4c3)n2)cc1. The highest BCUT2D eigenvalue weighted by molar-refractivity contribution is 9.10. The van der Waals surface area contributed by atoms with Gasteiger partial charge in [0.15, 0.2) is 29.1 Å². The Hall–Kier alpha value is -16.1. The lowest BCUT2D eigenvalue weighted by atomic mass is 10.1. The Labute approximate surface area is 720 Å². The molecule has 582 valence electrons. The Morgan fingerprint density at radius 3 is 0.847 bits per heavy atom. The number of para-hydroxylation sites is 10. The predicted octanol–water partition coefficient (Wildman–Crippen LogP) is 28.5.